The molecule has 192 valence electrons. The molecule has 0 bridgehead atoms. The Balaban J connectivity index is 1.23. The SMILES string of the molecule is CN1CCN(c2cccc(N3N=CCC3CC3(O)CCN(C(=O)C4(C)CC4)CC3)c2)CC1C(F)F. The predicted octanol–water partition coefficient (Wildman–Crippen LogP) is 3.18. The number of hydrazone groups is 1. The Labute approximate surface area is 206 Å². The Kier molecular flexibility index (Phi) is 6.50. The normalized spacial score (nSPS) is 28.1. The molecule has 35 heavy (non-hydrogen) atoms. The number of carbonyl (C=O) groups is 1. The second-order valence-corrected chi connectivity index (χ2v) is 11.2. The highest BCUT2D eigenvalue weighted by molar-refractivity contribution is 5.85. The maximum atomic E-state index is 13.5. The average molecular weight is 490 g/mol. The summed E-state index contributed by atoms with van der Waals surface area (Å²) in [6, 6.07) is 7.17. The van der Waals surface area contributed by atoms with Crippen LogP contribution >= 0.6 is 0 Å². The summed E-state index contributed by atoms with van der Waals surface area (Å²) in [6.07, 6.45) is 3.93. The second-order valence-electron chi connectivity index (χ2n) is 11.2. The van der Waals surface area contributed by atoms with Gasteiger partial charge < -0.3 is 14.9 Å². The third-order valence-corrected chi connectivity index (χ3v) is 8.49. The summed E-state index contributed by atoms with van der Waals surface area (Å²) in [4.78, 5) is 18.4. The van der Waals surface area contributed by atoms with Crippen molar-refractivity contribution in [3.8, 4) is 0 Å². The molecule has 1 N–H and O–H groups in total. The molecule has 1 aromatic carbocycles. The first kappa shape index (κ1) is 24.4. The zero-order valence-corrected chi connectivity index (χ0v) is 20.7. The molecule has 4 aliphatic rings. The van der Waals surface area contributed by atoms with Crippen LogP contribution in [0.4, 0.5) is 20.2 Å². The van der Waals surface area contributed by atoms with Crippen LogP contribution in [0.15, 0.2) is 29.4 Å². The maximum absolute atomic E-state index is 13.5. The lowest BCUT2D eigenvalue weighted by atomic mass is 9.84. The number of piperidine rings is 1. The van der Waals surface area contributed by atoms with E-state index < -0.39 is 18.1 Å². The number of likely N-dealkylation sites (N-methyl/N-ethyl adjacent to an activating group) is 1. The fraction of sp³-hybridized carbons (Fsp3) is 0.692. The van der Waals surface area contributed by atoms with Crippen molar-refractivity contribution in [2.45, 2.75) is 69.6 Å². The van der Waals surface area contributed by atoms with E-state index in [0.29, 0.717) is 52.0 Å². The summed E-state index contributed by atoms with van der Waals surface area (Å²) in [5.41, 5.74) is 0.834. The minimum Gasteiger partial charge on any atom is -0.390 e. The van der Waals surface area contributed by atoms with Crippen molar-refractivity contribution in [1.82, 2.24) is 9.80 Å². The van der Waals surface area contributed by atoms with E-state index in [9.17, 15) is 18.7 Å². The molecule has 2 unspecified atom stereocenters. The van der Waals surface area contributed by atoms with Gasteiger partial charge in [-0.25, -0.2) is 8.78 Å². The minimum atomic E-state index is -2.38. The zero-order chi connectivity index (χ0) is 24.8. The quantitative estimate of drug-likeness (QED) is 0.665. The number of nitrogens with zero attached hydrogens (tertiary/aromatic N) is 5. The summed E-state index contributed by atoms with van der Waals surface area (Å²) in [5.74, 6) is 0.236. The van der Waals surface area contributed by atoms with Crippen LogP contribution in [-0.2, 0) is 4.79 Å². The molecule has 9 heteroatoms. The molecule has 3 fully saturated rings. The van der Waals surface area contributed by atoms with Gasteiger partial charge in [0.1, 0.15) is 0 Å². The number of amides is 1. The Morgan fingerprint density at radius 1 is 1.14 bits per heavy atom. The number of hydrogen-bond donors (Lipinski definition) is 1. The van der Waals surface area contributed by atoms with E-state index in [2.05, 4.69) is 5.10 Å². The smallest absolute Gasteiger partial charge is 0.255 e. The number of likely N-dealkylation sites (tertiary alicyclic amines) is 1. The summed E-state index contributed by atoms with van der Waals surface area (Å²) < 4.78 is 27.0. The fourth-order valence-electron chi connectivity index (χ4n) is 5.69. The van der Waals surface area contributed by atoms with Gasteiger partial charge in [-0.1, -0.05) is 13.0 Å². The summed E-state index contributed by atoms with van der Waals surface area (Å²) in [7, 11) is 1.76. The Hall–Kier alpha value is -2.26. The number of rotatable bonds is 6. The minimum absolute atomic E-state index is 0.0275. The van der Waals surface area contributed by atoms with Crippen molar-refractivity contribution < 1.29 is 18.7 Å². The molecule has 0 radical (unpaired) electrons. The molecule has 5 rings (SSSR count). The number of carbonyl (C=O) groups excluding carboxylic acids is 1. The largest absolute Gasteiger partial charge is 0.390 e. The highest BCUT2D eigenvalue weighted by Crippen LogP contribution is 2.47. The zero-order valence-electron chi connectivity index (χ0n) is 20.7. The van der Waals surface area contributed by atoms with Crippen molar-refractivity contribution in [3.05, 3.63) is 24.3 Å². The van der Waals surface area contributed by atoms with Gasteiger partial charge in [0.25, 0.3) is 6.43 Å². The van der Waals surface area contributed by atoms with Crippen LogP contribution in [0.3, 0.4) is 0 Å². The van der Waals surface area contributed by atoms with Crippen molar-refractivity contribution >= 4 is 23.5 Å². The van der Waals surface area contributed by atoms with E-state index in [1.807, 2.05) is 52.2 Å². The van der Waals surface area contributed by atoms with E-state index in [0.717, 1.165) is 30.6 Å². The highest BCUT2D eigenvalue weighted by atomic mass is 19.3. The first-order valence-corrected chi connectivity index (χ1v) is 12.8. The molecule has 3 heterocycles. The number of hydrogen-bond acceptors (Lipinski definition) is 6. The average Bonchev–Trinajstić information content (AvgIpc) is 3.43. The lowest BCUT2D eigenvalue weighted by molar-refractivity contribution is -0.140. The number of piperazine rings is 1. The van der Waals surface area contributed by atoms with Crippen molar-refractivity contribution in [1.29, 1.82) is 0 Å². The molecule has 3 aliphatic heterocycles. The molecule has 1 aliphatic carbocycles. The molecule has 1 saturated carbocycles. The third-order valence-electron chi connectivity index (χ3n) is 8.49. The Morgan fingerprint density at radius 3 is 2.54 bits per heavy atom. The van der Waals surface area contributed by atoms with Crippen LogP contribution in [-0.4, -0.2) is 90.9 Å². The van der Waals surface area contributed by atoms with E-state index in [-0.39, 0.29) is 17.4 Å². The topological polar surface area (TPSA) is 62.6 Å². The molecular formula is C26H37F2N5O2. The van der Waals surface area contributed by atoms with Crippen molar-refractivity contribution in [3.63, 3.8) is 0 Å². The fourth-order valence-corrected chi connectivity index (χ4v) is 5.69. The van der Waals surface area contributed by atoms with Crippen LogP contribution < -0.4 is 9.91 Å². The first-order valence-electron chi connectivity index (χ1n) is 12.8. The van der Waals surface area contributed by atoms with Gasteiger partial charge >= 0.3 is 0 Å². The monoisotopic (exact) mass is 489 g/mol. The van der Waals surface area contributed by atoms with Gasteiger partial charge in [0.2, 0.25) is 5.91 Å². The lowest BCUT2D eigenvalue weighted by Gasteiger charge is -2.41. The van der Waals surface area contributed by atoms with Gasteiger partial charge in [-0.15, -0.1) is 0 Å². The number of benzene rings is 1. The molecule has 0 spiro atoms. The molecule has 2 saturated heterocycles. The number of anilines is 2. The number of aliphatic hydroxyl groups is 1. The van der Waals surface area contributed by atoms with E-state index in [1.165, 1.54) is 0 Å². The van der Waals surface area contributed by atoms with Gasteiger partial charge in [-0.2, -0.15) is 5.10 Å². The highest BCUT2D eigenvalue weighted by Gasteiger charge is 2.48. The van der Waals surface area contributed by atoms with Gasteiger partial charge in [-0.3, -0.25) is 14.7 Å². The van der Waals surface area contributed by atoms with Crippen LogP contribution in [0.5, 0.6) is 0 Å². The molecule has 1 amide bonds. The summed E-state index contributed by atoms with van der Waals surface area (Å²) >= 11 is 0. The van der Waals surface area contributed by atoms with Crippen LogP contribution in [0, 0.1) is 5.41 Å². The molecule has 2 atom stereocenters. The number of alkyl halides is 2. The lowest BCUT2D eigenvalue weighted by Crippen LogP contribution is -2.54. The summed E-state index contributed by atoms with van der Waals surface area (Å²) in [6.45, 7) is 4.82. The molecule has 7 nitrogen and oxygen atoms in total. The van der Waals surface area contributed by atoms with Gasteiger partial charge in [0, 0.05) is 56.5 Å². The van der Waals surface area contributed by atoms with Gasteiger partial charge in [0.05, 0.1) is 23.4 Å². The Morgan fingerprint density at radius 2 is 1.86 bits per heavy atom. The first-order chi connectivity index (χ1) is 16.7. The van der Waals surface area contributed by atoms with Gasteiger partial charge in [0.15, 0.2) is 0 Å². The second kappa shape index (κ2) is 9.32. The maximum Gasteiger partial charge on any atom is 0.255 e. The summed E-state index contributed by atoms with van der Waals surface area (Å²) in [5, 5.41) is 17.9. The molecule has 0 aromatic heterocycles. The standard InChI is InChI=1S/C26H37F2N5O2/c1-25(7-8-25)24(34)31-12-9-26(35,10-13-31)17-21-6-11-29-33(21)20-5-3-4-19(16-20)32-15-14-30(2)22(18-32)23(27)28/h3-5,11,16,21-23,35H,6-10,12-15,17-18H2,1-2H3. The molecular weight excluding hydrogens is 452 g/mol. The number of halogens is 2. The van der Waals surface area contributed by atoms with Crippen LogP contribution in [0.1, 0.15) is 45.4 Å². The van der Waals surface area contributed by atoms with Gasteiger partial charge in [-0.05, 0) is 57.4 Å². The van der Waals surface area contributed by atoms with Crippen molar-refractivity contribution in [2.75, 3.05) is 49.7 Å². The van der Waals surface area contributed by atoms with E-state index in [4.69, 9.17) is 0 Å². The van der Waals surface area contributed by atoms with E-state index >= 15 is 0 Å². The van der Waals surface area contributed by atoms with Crippen LogP contribution in [0.25, 0.3) is 0 Å². The third kappa shape index (κ3) is 5.03. The van der Waals surface area contributed by atoms with Crippen LogP contribution in [0.2, 0.25) is 0 Å². The van der Waals surface area contributed by atoms with Crippen molar-refractivity contribution in [2.24, 2.45) is 10.5 Å². The molecule has 1 aromatic rings. The predicted molar refractivity (Wildman–Crippen MR) is 133 cm³/mol. The Bertz CT molecular complexity index is 961. The van der Waals surface area contributed by atoms with E-state index in [1.54, 1.807) is 11.9 Å².